The lowest BCUT2D eigenvalue weighted by atomic mass is 10.1. The zero-order chi connectivity index (χ0) is 11.2. The minimum absolute atomic E-state index is 0.0163. The van der Waals surface area contributed by atoms with Gasteiger partial charge in [-0.3, -0.25) is 4.99 Å². The van der Waals surface area contributed by atoms with E-state index in [4.69, 9.17) is 0 Å². The number of nitrogens with zero attached hydrogens (tertiary/aromatic N) is 1. The third kappa shape index (κ3) is 8.24. The Morgan fingerprint density at radius 3 is 2.14 bits per heavy atom. The van der Waals surface area contributed by atoms with Crippen molar-refractivity contribution in [1.82, 2.24) is 5.32 Å². The number of nitrogens with one attached hydrogen (secondary N) is 1. The van der Waals surface area contributed by atoms with Crippen LogP contribution in [0.5, 0.6) is 0 Å². The van der Waals surface area contributed by atoms with Crippen molar-refractivity contribution in [2.24, 2.45) is 4.99 Å². The molecular formula is C12H26N2. The first kappa shape index (κ1) is 13.6. The second kappa shape index (κ2) is 5.50. The van der Waals surface area contributed by atoms with Crippen molar-refractivity contribution in [1.29, 1.82) is 0 Å². The summed E-state index contributed by atoms with van der Waals surface area (Å²) in [6, 6.07) is 0. The molecule has 0 rings (SSSR count). The Balaban J connectivity index is 4.00. The quantitative estimate of drug-likeness (QED) is 0.533. The molecule has 0 heterocycles. The van der Waals surface area contributed by atoms with Gasteiger partial charge in [-0.1, -0.05) is 13.3 Å². The van der Waals surface area contributed by atoms with Crippen molar-refractivity contribution in [3.63, 3.8) is 0 Å². The van der Waals surface area contributed by atoms with Crippen LogP contribution < -0.4 is 5.32 Å². The third-order valence-corrected chi connectivity index (χ3v) is 1.89. The molecule has 0 saturated heterocycles. The minimum Gasteiger partial charge on any atom is -0.307 e. The third-order valence-electron chi connectivity index (χ3n) is 1.89. The molecule has 1 N–H and O–H groups in total. The van der Waals surface area contributed by atoms with Crippen LogP contribution in [0.25, 0.3) is 0 Å². The van der Waals surface area contributed by atoms with E-state index >= 15 is 0 Å². The molecular weight excluding hydrogens is 172 g/mol. The van der Waals surface area contributed by atoms with E-state index < -0.39 is 0 Å². The fourth-order valence-corrected chi connectivity index (χ4v) is 0.988. The molecule has 0 unspecified atom stereocenters. The van der Waals surface area contributed by atoms with Gasteiger partial charge in [0.05, 0.1) is 5.54 Å². The lowest BCUT2D eigenvalue weighted by Gasteiger charge is -2.23. The maximum atomic E-state index is 4.52. The molecule has 0 bridgehead atoms. The van der Waals surface area contributed by atoms with E-state index in [1.54, 1.807) is 0 Å². The molecule has 0 aliphatic heterocycles. The van der Waals surface area contributed by atoms with Crippen LogP contribution in [0.1, 0.15) is 54.4 Å². The smallest absolute Gasteiger partial charge is 0.0521 e. The molecule has 0 fully saturated rings. The normalized spacial score (nSPS) is 13.9. The van der Waals surface area contributed by atoms with Crippen molar-refractivity contribution < 1.29 is 0 Å². The summed E-state index contributed by atoms with van der Waals surface area (Å²) >= 11 is 0. The molecule has 14 heavy (non-hydrogen) atoms. The molecule has 0 aliphatic rings. The Morgan fingerprint density at radius 1 is 1.14 bits per heavy atom. The second-order valence-electron chi connectivity index (χ2n) is 5.43. The average molecular weight is 198 g/mol. The van der Waals surface area contributed by atoms with Crippen molar-refractivity contribution in [3.8, 4) is 0 Å². The van der Waals surface area contributed by atoms with Gasteiger partial charge < -0.3 is 5.32 Å². The van der Waals surface area contributed by atoms with Gasteiger partial charge in [0.15, 0.2) is 0 Å². The molecule has 84 valence electrons. The average Bonchev–Trinajstić information content (AvgIpc) is 2.00. The largest absolute Gasteiger partial charge is 0.307 e. The number of unbranched alkanes of at least 4 members (excludes halogenated alkanes) is 1. The Bertz CT molecular complexity index is 175. The molecule has 0 saturated carbocycles. The highest BCUT2D eigenvalue weighted by atomic mass is 15.0. The van der Waals surface area contributed by atoms with Crippen LogP contribution in [0.3, 0.4) is 0 Å². The maximum Gasteiger partial charge on any atom is 0.0521 e. The standard InChI is InChI=1S/C12H26N2/c1-7-8-9-13-12(5,6)10-14-11(2,3)4/h10,13H,7-9H2,1-6H3. The molecule has 0 amide bonds. The zero-order valence-electron chi connectivity index (χ0n) is 10.6. The Labute approximate surface area is 89.2 Å². The fourth-order valence-electron chi connectivity index (χ4n) is 0.988. The van der Waals surface area contributed by atoms with Gasteiger partial charge in [0, 0.05) is 11.8 Å². The van der Waals surface area contributed by atoms with Gasteiger partial charge in [-0.15, -0.1) is 0 Å². The van der Waals surface area contributed by atoms with Gasteiger partial charge in [-0.2, -0.15) is 0 Å². The SMILES string of the molecule is CCCCNC(C)(C)C=NC(C)(C)C. The van der Waals surface area contributed by atoms with E-state index in [0.29, 0.717) is 0 Å². The van der Waals surface area contributed by atoms with Crippen LogP contribution >= 0.6 is 0 Å². The monoisotopic (exact) mass is 198 g/mol. The number of aliphatic imine (C=N–C) groups is 1. The van der Waals surface area contributed by atoms with Crippen LogP contribution in [-0.2, 0) is 0 Å². The first-order valence-corrected chi connectivity index (χ1v) is 5.58. The molecule has 2 heteroatoms. The van der Waals surface area contributed by atoms with Crippen molar-refractivity contribution in [2.45, 2.75) is 65.5 Å². The van der Waals surface area contributed by atoms with Crippen LogP contribution in [0.4, 0.5) is 0 Å². The van der Waals surface area contributed by atoms with Crippen LogP contribution in [0.15, 0.2) is 4.99 Å². The summed E-state index contributed by atoms with van der Waals surface area (Å²) in [6.45, 7) is 14.0. The van der Waals surface area contributed by atoms with Crippen LogP contribution in [0.2, 0.25) is 0 Å². The van der Waals surface area contributed by atoms with E-state index in [2.05, 4.69) is 51.9 Å². The van der Waals surface area contributed by atoms with Gasteiger partial charge in [0.25, 0.3) is 0 Å². The summed E-state index contributed by atoms with van der Waals surface area (Å²) in [7, 11) is 0. The number of hydrogen-bond donors (Lipinski definition) is 1. The van der Waals surface area contributed by atoms with Crippen LogP contribution in [-0.4, -0.2) is 23.8 Å². The maximum absolute atomic E-state index is 4.52. The summed E-state index contributed by atoms with van der Waals surface area (Å²) in [5.41, 5.74) is 0.0478. The summed E-state index contributed by atoms with van der Waals surface area (Å²) in [5, 5.41) is 3.48. The minimum atomic E-state index is 0.0163. The van der Waals surface area contributed by atoms with E-state index in [1.807, 2.05) is 6.21 Å². The molecule has 0 spiro atoms. The van der Waals surface area contributed by atoms with Gasteiger partial charge in [0.2, 0.25) is 0 Å². The zero-order valence-corrected chi connectivity index (χ0v) is 10.6. The summed E-state index contributed by atoms with van der Waals surface area (Å²) in [4.78, 5) is 4.52. The van der Waals surface area contributed by atoms with Gasteiger partial charge in [-0.05, 0) is 47.6 Å². The highest BCUT2D eigenvalue weighted by molar-refractivity contribution is 5.69. The van der Waals surface area contributed by atoms with E-state index in [-0.39, 0.29) is 11.1 Å². The summed E-state index contributed by atoms with van der Waals surface area (Å²) in [6.07, 6.45) is 4.49. The predicted octanol–water partition coefficient (Wildman–Crippen LogP) is 3.02. The highest BCUT2D eigenvalue weighted by Gasteiger charge is 2.15. The van der Waals surface area contributed by atoms with Crippen molar-refractivity contribution >= 4 is 6.21 Å². The summed E-state index contributed by atoms with van der Waals surface area (Å²) < 4.78 is 0. The molecule has 2 nitrogen and oxygen atoms in total. The molecule has 0 radical (unpaired) electrons. The number of hydrogen-bond acceptors (Lipinski definition) is 2. The van der Waals surface area contributed by atoms with Crippen LogP contribution in [0, 0.1) is 0 Å². The molecule has 0 aromatic carbocycles. The van der Waals surface area contributed by atoms with Gasteiger partial charge in [-0.25, -0.2) is 0 Å². The van der Waals surface area contributed by atoms with E-state index in [9.17, 15) is 0 Å². The number of rotatable bonds is 5. The predicted molar refractivity (Wildman–Crippen MR) is 65.2 cm³/mol. The highest BCUT2D eigenvalue weighted by Crippen LogP contribution is 2.08. The Kier molecular flexibility index (Phi) is 5.35. The van der Waals surface area contributed by atoms with E-state index in [0.717, 1.165) is 6.54 Å². The Morgan fingerprint density at radius 2 is 1.71 bits per heavy atom. The van der Waals surface area contributed by atoms with Crippen molar-refractivity contribution in [2.75, 3.05) is 6.54 Å². The second-order valence-corrected chi connectivity index (χ2v) is 5.43. The first-order valence-electron chi connectivity index (χ1n) is 5.58. The molecule has 0 aliphatic carbocycles. The molecule has 0 aromatic heterocycles. The molecule has 0 atom stereocenters. The van der Waals surface area contributed by atoms with Gasteiger partial charge in [0.1, 0.15) is 0 Å². The van der Waals surface area contributed by atoms with E-state index in [1.165, 1.54) is 12.8 Å². The van der Waals surface area contributed by atoms with Crippen molar-refractivity contribution in [3.05, 3.63) is 0 Å². The lowest BCUT2D eigenvalue weighted by molar-refractivity contribution is 0.492. The molecule has 0 aromatic rings. The Hall–Kier alpha value is -0.370. The first-order chi connectivity index (χ1) is 6.27. The summed E-state index contributed by atoms with van der Waals surface area (Å²) in [5.74, 6) is 0. The fraction of sp³-hybridized carbons (Fsp3) is 0.917. The lowest BCUT2D eigenvalue weighted by Crippen LogP contribution is -2.41. The van der Waals surface area contributed by atoms with Gasteiger partial charge >= 0.3 is 0 Å². The topological polar surface area (TPSA) is 24.4 Å².